The molecule has 2 aliphatic heterocycles. The number of fused-ring (bicyclic) bond motifs is 2. The number of hydrogen-bond donors (Lipinski definition) is 17. The van der Waals surface area contributed by atoms with Crippen LogP contribution in [0.25, 0.3) is 21.8 Å². The number of guanidine groups is 1. The maximum Gasteiger partial charge on any atom is 0.326 e. The highest BCUT2D eigenvalue weighted by atomic mass is 32.2. The lowest BCUT2D eigenvalue weighted by Crippen LogP contribution is -2.61. The van der Waals surface area contributed by atoms with Gasteiger partial charge in [0.1, 0.15) is 60.4 Å². The maximum atomic E-state index is 15.4. The van der Waals surface area contributed by atoms with Crippen molar-refractivity contribution in [2.45, 2.75) is 196 Å². The zero-order valence-electron chi connectivity index (χ0n) is 61.3. The molecule has 2 saturated heterocycles. The molecule has 0 radical (unpaired) electrons. The first-order chi connectivity index (χ1) is 51.7. The van der Waals surface area contributed by atoms with Crippen molar-refractivity contribution in [3.8, 4) is 0 Å². The number of rotatable bonds is 44. The van der Waals surface area contributed by atoms with Gasteiger partial charge < -0.3 is 102 Å². The van der Waals surface area contributed by atoms with E-state index in [1.54, 1.807) is 79.3 Å². The monoisotopic (exact) mass is 1520 g/mol. The van der Waals surface area contributed by atoms with E-state index in [-0.39, 0.29) is 89.4 Å². The number of unbranched alkanes of at least 4 members (excludes halogenated alkanes) is 1. The summed E-state index contributed by atoms with van der Waals surface area (Å²) in [5.41, 5.74) is 37.3. The highest BCUT2D eigenvalue weighted by Gasteiger charge is 2.43. The van der Waals surface area contributed by atoms with Gasteiger partial charge in [0.05, 0.1) is 6.04 Å². The van der Waals surface area contributed by atoms with Crippen LogP contribution in [0.5, 0.6) is 0 Å². The van der Waals surface area contributed by atoms with Crippen LogP contribution in [0.15, 0.2) is 96.2 Å². The zero-order valence-corrected chi connectivity index (χ0v) is 62.1. The number of primary amides is 2. The molecule has 0 bridgehead atoms. The molecule has 4 heterocycles. The summed E-state index contributed by atoms with van der Waals surface area (Å²) in [5.74, 6) is -10.8. The molecule has 0 aliphatic carbocycles. The van der Waals surface area contributed by atoms with E-state index >= 15 is 14.4 Å². The number of carboxylic acids is 1. The lowest BCUT2D eigenvalue weighted by Gasteiger charge is -2.32. The first kappa shape index (κ1) is 84.6. The van der Waals surface area contributed by atoms with Gasteiger partial charge in [-0.2, -0.15) is 11.8 Å². The molecule has 34 heteroatoms. The number of aromatic amines is 2. The Morgan fingerprint density at radius 3 is 1.45 bits per heavy atom. The van der Waals surface area contributed by atoms with E-state index in [0.717, 1.165) is 10.9 Å². The fourth-order valence-electron chi connectivity index (χ4n) is 13.4. The summed E-state index contributed by atoms with van der Waals surface area (Å²) in [6.07, 6.45) is 5.66. The minimum absolute atomic E-state index is 0.0586. The number of likely N-dealkylation sites (tertiary alicyclic amines) is 2. The Bertz CT molecular complexity index is 3980. The molecule has 2 aromatic heterocycles. The topological polar surface area (TPSA) is 545 Å². The number of benzene rings is 3. The van der Waals surface area contributed by atoms with Crippen LogP contribution in [-0.2, 0) is 81.6 Å². The molecule has 7 rings (SSSR count). The van der Waals surface area contributed by atoms with Crippen LogP contribution in [0.4, 0.5) is 0 Å². The number of thioether (sulfide) groups is 1. The number of H-pyrrole nitrogens is 2. The summed E-state index contributed by atoms with van der Waals surface area (Å²) in [6, 6.07) is 8.23. The smallest absolute Gasteiger partial charge is 0.326 e. The normalized spacial score (nSPS) is 16.6. The molecule has 3 aromatic carbocycles. The summed E-state index contributed by atoms with van der Waals surface area (Å²) in [7, 11) is 0. The van der Waals surface area contributed by atoms with Crippen LogP contribution in [0.1, 0.15) is 127 Å². The van der Waals surface area contributed by atoms with Gasteiger partial charge in [-0.05, 0) is 137 Å². The van der Waals surface area contributed by atoms with Gasteiger partial charge in [0.2, 0.25) is 70.9 Å². The Hall–Kier alpha value is -10.6. The van der Waals surface area contributed by atoms with Crippen molar-refractivity contribution < 1.29 is 67.4 Å². The molecule has 0 spiro atoms. The molecule has 12 amide bonds. The second kappa shape index (κ2) is 42.1. The number of para-hydroxylation sites is 2. The molecule has 0 unspecified atom stereocenters. The molecule has 11 atom stereocenters. The van der Waals surface area contributed by atoms with Crippen molar-refractivity contribution in [2.24, 2.45) is 45.3 Å². The third-order valence-electron chi connectivity index (χ3n) is 19.1. The second-order valence-corrected chi connectivity index (χ2v) is 28.8. The lowest BCUT2D eigenvalue weighted by atomic mass is 9.99. The van der Waals surface area contributed by atoms with Crippen LogP contribution in [0, 0.1) is 5.92 Å². The first-order valence-electron chi connectivity index (χ1n) is 36.6. The third kappa shape index (κ3) is 25.3. The third-order valence-corrected chi connectivity index (χ3v) is 19.7. The fourth-order valence-corrected chi connectivity index (χ4v) is 13.9. The van der Waals surface area contributed by atoms with E-state index in [0.29, 0.717) is 71.9 Å². The largest absolute Gasteiger partial charge is 0.480 e. The van der Waals surface area contributed by atoms with Crippen molar-refractivity contribution >= 4 is 116 Å². The Morgan fingerprint density at radius 2 is 0.963 bits per heavy atom. The standard InChI is InChI=1S/C74H105N19O14S/c1-42(2)36-55(65(98)87-54(73(106)107)30-35-108-3)88-67(100)58(39-45-41-83-50-22-10-8-19-47(45)50)91-66(99)56(37-43-16-5-4-6-17-43)89-68(101)57(38-44-40-82-49-21-9-7-18-46(44)49)90-64(97)51(26-28-61(77)94)84-63(96)52(27-29-62(78)95)85-69(102)60-25-15-34-93(60)72(105)53(23-11-12-31-75)86-70(103)59-24-14-33-92(59)71(104)48(76)20-13-32-81-74(79)80/h4-10,16-19,21-22,40-42,48,51-60,82-83H,11-15,20,23-39,75-76H2,1-3H3,(H2,77,94)(H2,78,95)(H,84,96)(H,85,102)(H,86,103)(H,87,98)(H,88,100)(H,89,101)(H,90,97)(H,91,99)(H,106,107)(H4,79,80,81)/t48-,51-,52-,53-,54-,55-,56-,57+,58+,59-,60-/m0/s1. The van der Waals surface area contributed by atoms with Gasteiger partial charge in [-0.15, -0.1) is 0 Å². The van der Waals surface area contributed by atoms with Crippen molar-refractivity contribution in [3.63, 3.8) is 0 Å². The van der Waals surface area contributed by atoms with Crippen molar-refractivity contribution in [3.05, 3.63) is 108 Å². The van der Waals surface area contributed by atoms with Gasteiger partial charge in [0.25, 0.3) is 0 Å². The molecule has 33 nitrogen and oxygen atoms in total. The maximum absolute atomic E-state index is 15.4. The van der Waals surface area contributed by atoms with E-state index in [1.807, 2.05) is 32.0 Å². The van der Waals surface area contributed by atoms with E-state index < -0.39 is 169 Å². The average molecular weight is 1520 g/mol. The van der Waals surface area contributed by atoms with Crippen molar-refractivity contribution in [1.82, 2.24) is 62.3 Å². The van der Waals surface area contributed by atoms with Gasteiger partial charge in [0.15, 0.2) is 5.96 Å². The number of carbonyl (C=O) groups is 13. The van der Waals surface area contributed by atoms with E-state index in [1.165, 1.54) is 21.6 Å². The number of aliphatic imine (C=N–C) groups is 1. The molecule has 108 heavy (non-hydrogen) atoms. The van der Waals surface area contributed by atoms with E-state index in [4.69, 9.17) is 34.4 Å². The molecule has 2 fully saturated rings. The molecule has 0 saturated carbocycles. The molecule has 586 valence electrons. The number of nitrogens with zero attached hydrogens (tertiary/aromatic N) is 3. The van der Waals surface area contributed by atoms with Gasteiger partial charge >= 0.3 is 5.97 Å². The van der Waals surface area contributed by atoms with Gasteiger partial charge in [0, 0.05) is 85.9 Å². The Balaban J connectivity index is 1.15. The van der Waals surface area contributed by atoms with E-state index in [2.05, 4.69) is 57.5 Å². The predicted molar refractivity (Wildman–Crippen MR) is 407 cm³/mol. The Morgan fingerprint density at radius 1 is 0.519 bits per heavy atom. The van der Waals surface area contributed by atoms with Gasteiger partial charge in [-0.3, -0.25) is 62.5 Å². The van der Waals surface area contributed by atoms with Crippen LogP contribution < -0.4 is 76.9 Å². The highest BCUT2D eigenvalue weighted by Crippen LogP contribution is 2.26. The number of nitrogens with two attached hydrogens (primary N) is 6. The molecule has 2 aliphatic rings. The predicted octanol–water partition coefficient (Wildman–Crippen LogP) is -0.538. The number of amides is 12. The van der Waals surface area contributed by atoms with E-state index in [9.17, 15) is 53.1 Å². The minimum atomic E-state index is -1.70. The molecular formula is C74H105N19O14S. The first-order valence-corrected chi connectivity index (χ1v) is 38.0. The van der Waals surface area contributed by atoms with Gasteiger partial charge in [-0.1, -0.05) is 80.6 Å². The SMILES string of the molecule is CSCC[C@H](NC(=O)[C@H](CC(C)C)NC(=O)[C@@H](Cc1c[nH]c2ccccc12)NC(=O)[C@H](Cc1ccccc1)NC(=O)[C@@H](Cc1c[nH]c2ccccc12)NC(=O)[C@H](CCC(N)=O)NC(=O)[C@H](CCC(N)=O)NC(=O)[C@@H]1CCCN1C(=O)[C@H](CCCCN)NC(=O)[C@@H]1CCCN1C(=O)[C@@H](N)CCCN=C(N)N)C(=O)O. The summed E-state index contributed by atoms with van der Waals surface area (Å²) in [6.45, 7) is 4.46. The van der Waals surface area contributed by atoms with Gasteiger partial charge in [-0.25, -0.2) is 4.79 Å². The Labute approximate surface area is 630 Å². The quantitative estimate of drug-likeness (QED) is 0.0132. The molecule has 23 N–H and O–H groups in total. The number of hydrogen-bond acceptors (Lipinski definition) is 17. The summed E-state index contributed by atoms with van der Waals surface area (Å²) < 4.78 is 0. The summed E-state index contributed by atoms with van der Waals surface area (Å²) in [4.78, 5) is 197. The van der Waals surface area contributed by atoms with Crippen LogP contribution >= 0.6 is 11.8 Å². The molecule has 5 aromatic rings. The number of nitrogens with one attached hydrogen (secondary N) is 10. The number of aliphatic carboxylic acids is 1. The highest BCUT2D eigenvalue weighted by molar-refractivity contribution is 7.98. The number of carbonyl (C=O) groups excluding carboxylic acids is 12. The summed E-state index contributed by atoms with van der Waals surface area (Å²) >= 11 is 1.40. The fraction of sp³-hybridized carbons (Fsp3) is 0.514. The average Bonchev–Trinajstić information content (AvgIpc) is 1.65. The summed E-state index contributed by atoms with van der Waals surface area (Å²) in [5, 5.41) is 33.3. The Kier molecular flexibility index (Phi) is 33.0. The van der Waals surface area contributed by atoms with Crippen LogP contribution in [0.2, 0.25) is 0 Å². The number of aromatic nitrogens is 2. The van der Waals surface area contributed by atoms with Crippen molar-refractivity contribution in [1.29, 1.82) is 0 Å². The lowest BCUT2D eigenvalue weighted by molar-refractivity contribution is -0.144. The van der Waals surface area contributed by atoms with Crippen molar-refractivity contribution in [2.75, 3.05) is 38.2 Å². The molecular weight excluding hydrogens is 1410 g/mol. The zero-order chi connectivity index (χ0) is 78.6. The van der Waals surface area contributed by atoms with Crippen LogP contribution in [0.3, 0.4) is 0 Å². The second-order valence-electron chi connectivity index (χ2n) is 27.8. The minimum Gasteiger partial charge on any atom is -0.480 e. The van der Waals surface area contributed by atoms with Crippen LogP contribution in [-0.4, -0.2) is 212 Å². The number of carboxylic acid groups (broad SMARTS) is 1.